The van der Waals surface area contributed by atoms with E-state index in [0.29, 0.717) is 0 Å². The van der Waals surface area contributed by atoms with E-state index in [1.807, 2.05) is 22.7 Å². The summed E-state index contributed by atoms with van der Waals surface area (Å²) in [6.45, 7) is 0. The molecule has 0 aliphatic rings. The second-order valence-electron chi connectivity index (χ2n) is 25.5. The molecule has 4 aromatic heterocycles. The van der Waals surface area contributed by atoms with Gasteiger partial charge in [-0.2, -0.15) is 0 Å². The van der Waals surface area contributed by atoms with Gasteiger partial charge in [-0.3, -0.25) is 9.13 Å². The van der Waals surface area contributed by atoms with E-state index in [0.717, 1.165) is 61.6 Å². The van der Waals surface area contributed by atoms with Crippen molar-refractivity contribution in [2.75, 3.05) is 0 Å². The number of imidazole rings is 2. The number of fused-ring (bicyclic) bond motifs is 20. The van der Waals surface area contributed by atoms with Crippen molar-refractivity contribution in [1.29, 1.82) is 0 Å². The molecule has 0 fully saturated rings. The predicted octanol–water partition coefficient (Wildman–Crippen LogP) is 26.0. The minimum absolute atomic E-state index is 0.932. The van der Waals surface area contributed by atoms with Crippen LogP contribution in [0.25, 0.3) is 195 Å². The summed E-state index contributed by atoms with van der Waals surface area (Å²) in [7, 11) is 0. The van der Waals surface area contributed by atoms with Gasteiger partial charge in [0.15, 0.2) is 0 Å². The van der Waals surface area contributed by atoms with Crippen LogP contribution in [0.3, 0.4) is 0 Å². The van der Waals surface area contributed by atoms with Crippen molar-refractivity contribution in [3.8, 4) is 67.5 Å². The van der Waals surface area contributed by atoms with E-state index in [2.05, 4.69) is 349 Å². The lowest BCUT2D eigenvalue weighted by Crippen LogP contribution is -1.99. The topological polar surface area (TPSA) is 35.6 Å². The van der Waals surface area contributed by atoms with Gasteiger partial charge in [0.2, 0.25) is 0 Å². The van der Waals surface area contributed by atoms with Gasteiger partial charge in [-0.1, -0.05) is 279 Å². The SMILES string of the molecule is c1cc(-c2cccc3c2sc2ccccc23)cc(-n2c(-c3ccc4cc5ccccc5cc4c3)nc3c4ccccc4c4ccccc4c32)c1.c1ccc(-c2cccc(-c3nc4c5ccccc5c5ccccc5c4n3-c3cccc(-c4cccc5c4sc4ccccc45)c3)c2)cc1. The predicted molar refractivity (Wildman–Crippen MR) is 420 cm³/mol. The molecule has 4 heterocycles. The van der Waals surface area contributed by atoms with Gasteiger partial charge in [0, 0.05) is 84.4 Å². The summed E-state index contributed by atoms with van der Waals surface area (Å²) in [6.07, 6.45) is 0. The van der Waals surface area contributed by atoms with Crippen molar-refractivity contribution >= 4 is 150 Å². The molecule has 0 N–H and O–H groups in total. The first-order valence-electron chi connectivity index (χ1n) is 33.3. The molecule has 0 aliphatic heterocycles. The Hall–Kier alpha value is -12.3. The average molecular weight is 1280 g/mol. The molecular formula is C92H56N4S2. The first kappa shape index (κ1) is 56.1. The molecule has 6 heteroatoms. The van der Waals surface area contributed by atoms with E-state index in [9.17, 15) is 0 Å². The summed E-state index contributed by atoms with van der Waals surface area (Å²) in [5.41, 5.74) is 15.9. The zero-order chi connectivity index (χ0) is 64.4. The van der Waals surface area contributed by atoms with Crippen molar-refractivity contribution in [2.45, 2.75) is 0 Å². The molecule has 17 aromatic carbocycles. The highest BCUT2D eigenvalue weighted by Gasteiger charge is 2.24. The number of nitrogens with zero attached hydrogens (tertiary/aromatic N) is 4. The van der Waals surface area contributed by atoms with Gasteiger partial charge >= 0.3 is 0 Å². The highest BCUT2D eigenvalue weighted by atomic mass is 32.1. The van der Waals surface area contributed by atoms with E-state index >= 15 is 0 Å². The molecular weight excluding hydrogens is 1230 g/mol. The van der Waals surface area contributed by atoms with E-state index in [4.69, 9.17) is 9.97 Å². The van der Waals surface area contributed by atoms with Crippen LogP contribution in [0.5, 0.6) is 0 Å². The fourth-order valence-corrected chi connectivity index (χ4v) is 17.9. The van der Waals surface area contributed by atoms with Crippen LogP contribution in [0.4, 0.5) is 0 Å². The second-order valence-corrected chi connectivity index (χ2v) is 27.6. The van der Waals surface area contributed by atoms with Crippen LogP contribution in [0.15, 0.2) is 340 Å². The Labute approximate surface area is 572 Å². The van der Waals surface area contributed by atoms with Gasteiger partial charge in [-0.25, -0.2) is 9.97 Å². The smallest absolute Gasteiger partial charge is 0.145 e. The largest absolute Gasteiger partial charge is 0.292 e. The number of benzene rings is 17. The number of hydrogen-bond donors (Lipinski definition) is 0. The molecule has 21 aromatic rings. The van der Waals surface area contributed by atoms with Crippen molar-refractivity contribution in [2.24, 2.45) is 0 Å². The molecule has 0 saturated carbocycles. The lowest BCUT2D eigenvalue weighted by atomic mass is 9.99. The van der Waals surface area contributed by atoms with E-state index in [1.165, 1.54) is 133 Å². The Morgan fingerprint density at radius 3 is 1.11 bits per heavy atom. The van der Waals surface area contributed by atoms with Gasteiger partial charge in [-0.05, 0) is 137 Å². The fraction of sp³-hybridized carbons (Fsp3) is 0. The third-order valence-corrected chi connectivity index (χ3v) is 22.3. The number of rotatable bonds is 7. The molecule has 21 rings (SSSR count). The molecule has 0 atom stereocenters. The molecule has 0 spiro atoms. The first-order valence-corrected chi connectivity index (χ1v) is 35.0. The summed E-state index contributed by atoms with van der Waals surface area (Å²) in [5.74, 6) is 1.87. The zero-order valence-electron chi connectivity index (χ0n) is 52.9. The lowest BCUT2D eigenvalue weighted by Gasteiger charge is -2.14. The molecule has 456 valence electrons. The highest BCUT2D eigenvalue weighted by molar-refractivity contribution is 7.26. The zero-order valence-corrected chi connectivity index (χ0v) is 54.6. The van der Waals surface area contributed by atoms with Gasteiger partial charge in [0.1, 0.15) is 11.6 Å². The highest BCUT2D eigenvalue weighted by Crippen LogP contribution is 2.46. The van der Waals surface area contributed by atoms with Crippen molar-refractivity contribution < 1.29 is 0 Å². The summed E-state index contributed by atoms with van der Waals surface area (Å²) < 4.78 is 10.1. The maximum atomic E-state index is 5.55. The van der Waals surface area contributed by atoms with Crippen LogP contribution in [0, 0.1) is 0 Å². The van der Waals surface area contributed by atoms with E-state index < -0.39 is 0 Å². The van der Waals surface area contributed by atoms with Gasteiger partial charge in [0.25, 0.3) is 0 Å². The third-order valence-electron chi connectivity index (χ3n) is 19.9. The lowest BCUT2D eigenvalue weighted by molar-refractivity contribution is 1.11. The molecule has 0 aliphatic carbocycles. The van der Waals surface area contributed by atoms with Gasteiger partial charge in [0.05, 0.1) is 22.1 Å². The van der Waals surface area contributed by atoms with Crippen LogP contribution >= 0.6 is 22.7 Å². The summed E-state index contributed by atoms with van der Waals surface area (Å²) >= 11 is 3.75. The number of aromatic nitrogens is 4. The quantitative estimate of drug-likeness (QED) is 0.118. The maximum absolute atomic E-state index is 5.55. The Bertz CT molecular complexity index is 6830. The molecule has 0 bridgehead atoms. The summed E-state index contributed by atoms with van der Waals surface area (Å²) in [6, 6.07) is 123. The van der Waals surface area contributed by atoms with Crippen LogP contribution < -0.4 is 0 Å². The Morgan fingerprint density at radius 1 is 0.214 bits per heavy atom. The van der Waals surface area contributed by atoms with E-state index in [-0.39, 0.29) is 0 Å². The standard InChI is InChI=1S/C47H28N2S.C45H28N2S/c1-2-12-30-26-34-27-33(24-23-31(34)25-29(30)11-1)47-48-44-40-18-5-3-15-37(40)38-16-4-6-19-41(38)45(44)49(47)35-14-9-13-32(28-35)36-20-10-21-42-39-17-7-8-22-43(39)50-46(36)42;1-2-13-29(14-3-1)30-15-10-17-32(27-30)45-46-42-38-22-6-4-19-35(38)36-20-5-7-23-39(36)43(42)47(45)33-18-11-16-31(28-33)34-24-12-25-40-37-21-8-9-26-41(37)48-44(34)40/h1-28H;1-28H. The van der Waals surface area contributed by atoms with Crippen LogP contribution in [0.2, 0.25) is 0 Å². The Kier molecular flexibility index (Phi) is 13.0. The summed E-state index contributed by atoms with van der Waals surface area (Å²) in [5, 5.41) is 19.8. The van der Waals surface area contributed by atoms with Gasteiger partial charge < -0.3 is 0 Å². The second kappa shape index (κ2) is 22.7. The molecule has 0 unspecified atom stereocenters. The number of thiophene rings is 2. The minimum Gasteiger partial charge on any atom is -0.292 e. The summed E-state index contributed by atoms with van der Waals surface area (Å²) in [4.78, 5) is 11.1. The molecule has 98 heavy (non-hydrogen) atoms. The molecule has 4 nitrogen and oxygen atoms in total. The minimum atomic E-state index is 0.932. The Balaban J connectivity index is 0.000000133. The fourth-order valence-electron chi connectivity index (χ4n) is 15.4. The normalized spacial score (nSPS) is 11.9. The monoisotopic (exact) mass is 1280 g/mol. The van der Waals surface area contributed by atoms with Crippen molar-refractivity contribution in [3.05, 3.63) is 340 Å². The van der Waals surface area contributed by atoms with Crippen LogP contribution in [-0.4, -0.2) is 19.1 Å². The average Bonchev–Trinajstić information content (AvgIpc) is 1.54. The molecule has 0 radical (unpaired) electrons. The van der Waals surface area contributed by atoms with Gasteiger partial charge in [-0.15, -0.1) is 22.7 Å². The van der Waals surface area contributed by atoms with Crippen LogP contribution in [-0.2, 0) is 0 Å². The van der Waals surface area contributed by atoms with Crippen molar-refractivity contribution in [3.63, 3.8) is 0 Å². The van der Waals surface area contributed by atoms with E-state index in [1.54, 1.807) is 0 Å². The van der Waals surface area contributed by atoms with Crippen molar-refractivity contribution in [1.82, 2.24) is 19.1 Å². The first-order chi connectivity index (χ1) is 48.6. The maximum Gasteiger partial charge on any atom is 0.145 e. The molecule has 0 amide bonds. The molecule has 0 saturated heterocycles. The Morgan fingerprint density at radius 2 is 0.582 bits per heavy atom. The van der Waals surface area contributed by atoms with Crippen LogP contribution in [0.1, 0.15) is 0 Å². The third kappa shape index (κ3) is 9.03. The number of hydrogen-bond acceptors (Lipinski definition) is 4.